The van der Waals surface area contributed by atoms with Gasteiger partial charge in [0.25, 0.3) is 5.91 Å². The number of aryl methyl sites for hydroxylation is 1. The van der Waals surface area contributed by atoms with Crippen molar-refractivity contribution in [2.24, 2.45) is 5.18 Å². The van der Waals surface area contributed by atoms with Crippen LogP contribution in [0.5, 0.6) is 0 Å². The molecule has 33 heavy (non-hydrogen) atoms. The molecular formula is C21H28N6O5S. The molecule has 178 valence electrons. The summed E-state index contributed by atoms with van der Waals surface area (Å²) < 4.78 is 5.17. The van der Waals surface area contributed by atoms with Gasteiger partial charge in [0.15, 0.2) is 10.1 Å². The van der Waals surface area contributed by atoms with Gasteiger partial charge in [-0.05, 0) is 57.5 Å². The standard InChI is InChI=1S/C21H28N6O5S/c1-12-18(27-31)33-19(24-12)26-17(29)15-8-7-14(11-16(15)25-13(2)28)22-9-6-10-23-20(30)32-21(3,4)5/h7-8,11,22H,6,9-10H2,1-5H3,(H,23,30)(H,25,28)(H,24,26,29). The fourth-order valence-electron chi connectivity index (χ4n) is 2.66. The number of carbonyl (C=O) groups is 3. The lowest BCUT2D eigenvalue weighted by Crippen LogP contribution is -2.33. The van der Waals surface area contributed by atoms with E-state index in [1.165, 1.54) is 6.92 Å². The summed E-state index contributed by atoms with van der Waals surface area (Å²) >= 11 is 0.965. The van der Waals surface area contributed by atoms with E-state index in [1.807, 2.05) is 0 Å². The van der Waals surface area contributed by atoms with E-state index in [2.05, 4.69) is 31.4 Å². The third-order valence-electron chi connectivity index (χ3n) is 4.00. The largest absolute Gasteiger partial charge is 0.444 e. The smallest absolute Gasteiger partial charge is 0.407 e. The zero-order chi connectivity index (χ0) is 24.6. The topological polar surface area (TPSA) is 151 Å². The molecule has 1 aromatic carbocycles. The average molecular weight is 477 g/mol. The summed E-state index contributed by atoms with van der Waals surface area (Å²) in [5.74, 6) is -0.821. The Hall–Kier alpha value is -3.54. The first-order valence-electron chi connectivity index (χ1n) is 10.2. The Bertz CT molecular complexity index is 1030. The van der Waals surface area contributed by atoms with Crippen LogP contribution < -0.4 is 21.3 Å². The minimum Gasteiger partial charge on any atom is -0.444 e. The molecule has 0 saturated heterocycles. The van der Waals surface area contributed by atoms with E-state index in [4.69, 9.17) is 4.74 Å². The maximum Gasteiger partial charge on any atom is 0.407 e. The number of benzene rings is 1. The van der Waals surface area contributed by atoms with E-state index in [0.717, 1.165) is 11.3 Å². The number of amides is 3. The molecule has 0 saturated carbocycles. The maximum atomic E-state index is 12.7. The first-order valence-corrected chi connectivity index (χ1v) is 11.0. The molecule has 2 aromatic rings. The Labute approximate surface area is 195 Å². The van der Waals surface area contributed by atoms with E-state index in [-0.39, 0.29) is 21.6 Å². The van der Waals surface area contributed by atoms with Crippen LogP contribution in [0, 0.1) is 11.8 Å². The number of anilines is 3. The second-order valence-corrected chi connectivity index (χ2v) is 9.08. The number of rotatable bonds is 9. The van der Waals surface area contributed by atoms with Gasteiger partial charge in [-0.25, -0.2) is 9.78 Å². The number of carbonyl (C=O) groups excluding carboxylic acids is 3. The summed E-state index contributed by atoms with van der Waals surface area (Å²) in [4.78, 5) is 50.9. The molecule has 0 fully saturated rings. The number of thiazole rings is 1. The molecule has 0 spiro atoms. The van der Waals surface area contributed by atoms with Gasteiger partial charge >= 0.3 is 6.09 Å². The average Bonchev–Trinajstić information content (AvgIpc) is 3.05. The molecule has 4 N–H and O–H groups in total. The van der Waals surface area contributed by atoms with Gasteiger partial charge in [-0.2, -0.15) is 0 Å². The predicted octanol–water partition coefficient (Wildman–Crippen LogP) is 4.39. The fourth-order valence-corrected chi connectivity index (χ4v) is 3.40. The molecule has 0 aliphatic heterocycles. The molecule has 1 heterocycles. The van der Waals surface area contributed by atoms with Crippen LogP contribution in [0.3, 0.4) is 0 Å². The lowest BCUT2D eigenvalue weighted by atomic mass is 10.1. The normalized spacial score (nSPS) is 10.8. The highest BCUT2D eigenvalue weighted by Crippen LogP contribution is 2.31. The van der Waals surface area contributed by atoms with Crippen LogP contribution in [-0.2, 0) is 9.53 Å². The molecule has 0 bridgehead atoms. The van der Waals surface area contributed by atoms with Crippen molar-refractivity contribution in [3.63, 3.8) is 0 Å². The SMILES string of the molecule is CC(=O)Nc1cc(NCCCNC(=O)OC(C)(C)C)ccc1C(=O)Nc1nc(C)c(N=O)s1. The predicted molar refractivity (Wildman–Crippen MR) is 128 cm³/mol. The highest BCUT2D eigenvalue weighted by Gasteiger charge is 2.17. The summed E-state index contributed by atoms with van der Waals surface area (Å²) in [6.45, 7) is 9.31. The second kappa shape index (κ2) is 11.4. The summed E-state index contributed by atoms with van der Waals surface area (Å²) in [5.41, 5.74) is 1.11. The van der Waals surface area contributed by atoms with Crippen LogP contribution in [0.1, 0.15) is 50.2 Å². The van der Waals surface area contributed by atoms with Crippen LogP contribution in [0.15, 0.2) is 23.4 Å². The quantitative estimate of drug-likeness (QED) is 0.309. The molecule has 1 aromatic heterocycles. The van der Waals surface area contributed by atoms with Crippen molar-refractivity contribution >= 4 is 50.8 Å². The van der Waals surface area contributed by atoms with Gasteiger partial charge in [0, 0.05) is 25.7 Å². The molecule has 0 unspecified atom stereocenters. The molecule has 2 rings (SSSR count). The number of ether oxygens (including phenoxy) is 1. The Balaban J connectivity index is 1.98. The van der Waals surface area contributed by atoms with Crippen molar-refractivity contribution in [1.82, 2.24) is 10.3 Å². The van der Waals surface area contributed by atoms with Crippen molar-refractivity contribution in [2.75, 3.05) is 29.0 Å². The molecule has 0 aliphatic carbocycles. The number of alkyl carbamates (subject to hydrolysis) is 1. The van der Waals surface area contributed by atoms with Crippen LogP contribution in [0.25, 0.3) is 0 Å². The van der Waals surface area contributed by atoms with Gasteiger partial charge in [0.2, 0.25) is 5.91 Å². The Morgan fingerprint density at radius 3 is 2.48 bits per heavy atom. The number of hydrogen-bond acceptors (Lipinski definition) is 9. The molecule has 0 atom stereocenters. The zero-order valence-corrected chi connectivity index (χ0v) is 20.0. The van der Waals surface area contributed by atoms with E-state index in [1.54, 1.807) is 45.9 Å². The van der Waals surface area contributed by atoms with Gasteiger partial charge < -0.3 is 20.7 Å². The molecule has 0 radical (unpaired) electrons. The number of nitrogens with one attached hydrogen (secondary N) is 4. The van der Waals surface area contributed by atoms with E-state index in [9.17, 15) is 19.3 Å². The van der Waals surface area contributed by atoms with Gasteiger partial charge in [0.1, 0.15) is 5.60 Å². The number of nitrogens with zero attached hydrogens (tertiary/aromatic N) is 2. The molecule has 0 aliphatic rings. The van der Waals surface area contributed by atoms with Crippen molar-refractivity contribution in [1.29, 1.82) is 0 Å². The third-order valence-corrected chi connectivity index (χ3v) is 4.95. The highest BCUT2D eigenvalue weighted by molar-refractivity contribution is 7.19. The van der Waals surface area contributed by atoms with Crippen LogP contribution in [0.4, 0.5) is 26.3 Å². The second-order valence-electron chi connectivity index (χ2n) is 8.11. The summed E-state index contributed by atoms with van der Waals surface area (Å²) in [6.07, 6.45) is 0.158. The van der Waals surface area contributed by atoms with E-state index >= 15 is 0 Å². The Morgan fingerprint density at radius 2 is 1.88 bits per heavy atom. The van der Waals surface area contributed by atoms with E-state index in [0.29, 0.717) is 36.6 Å². The van der Waals surface area contributed by atoms with Crippen LogP contribution >= 0.6 is 11.3 Å². The van der Waals surface area contributed by atoms with Gasteiger partial charge in [0.05, 0.1) is 16.9 Å². The number of aromatic nitrogens is 1. The maximum absolute atomic E-state index is 12.7. The summed E-state index contributed by atoms with van der Waals surface area (Å²) in [7, 11) is 0. The minimum absolute atomic E-state index is 0.188. The summed E-state index contributed by atoms with van der Waals surface area (Å²) in [6, 6.07) is 4.91. The summed E-state index contributed by atoms with van der Waals surface area (Å²) in [5, 5.41) is 14.4. The lowest BCUT2D eigenvalue weighted by Gasteiger charge is -2.19. The van der Waals surface area contributed by atoms with Gasteiger partial charge in [-0.15, -0.1) is 4.91 Å². The molecule has 3 amide bonds. The van der Waals surface area contributed by atoms with Crippen molar-refractivity contribution in [2.45, 2.75) is 46.6 Å². The zero-order valence-electron chi connectivity index (χ0n) is 19.2. The van der Waals surface area contributed by atoms with Crippen LogP contribution in [-0.4, -0.2) is 41.6 Å². The first kappa shape index (κ1) is 25.7. The van der Waals surface area contributed by atoms with Crippen molar-refractivity contribution in [3.05, 3.63) is 34.4 Å². The lowest BCUT2D eigenvalue weighted by molar-refractivity contribution is -0.114. The number of nitroso groups, excluding NO2 is 1. The molecule has 12 heteroatoms. The van der Waals surface area contributed by atoms with Gasteiger partial charge in [-0.1, -0.05) is 11.3 Å². The number of hydrogen-bond donors (Lipinski definition) is 4. The highest BCUT2D eigenvalue weighted by atomic mass is 32.1. The Morgan fingerprint density at radius 1 is 1.15 bits per heavy atom. The van der Waals surface area contributed by atoms with Crippen LogP contribution in [0.2, 0.25) is 0 Å². The fraction of sp³-hybridized carbons (Fsp3) is 0.429. The van der Waals surface area contributed by atoms with Crippen molar-refractivity contribution in [3.8, 4) is 0 Å². The van der Waals surface area contributed by atoms with Crippen molar-refractivity contribution < 1.29 is 19.1 Å². The minimum atomic E-state index is -0.553. The molecule has 11 nitrogen and oxygen atoms in total. The Kier molecular flexibility index (Phi) is 8.85. The van der Waals surface area contributed by atoms with E-state index < -0.39 is 17.6 Å². The monoisotopic (exact) mass is 476 g/mol. The van der Waals surface area contributed by atoms with Gasteiger partial charge in [-0.3, -0.25) is 14.9 Å². The first-order chi connectivity index (χ1) is 15.5. The molecular weight excluding hydrogens is 448 g/mol. The third kappa shape index (κ3) is 8.48.